The van der Waals surface area contributed by atoms with E-state index < -0.39 is 4.92 Å². The molecule has 0 aliphatic rings. The third-order valence-electron chi connectivity index (χ3n) is 4.32. The van der Waals surface area contributed by atoms with E-state index in [9.17, 15) is 14.9 Å². The van der Waals surface area contributed by atoms with Crippen molar-refractivity contribution in [3.05, 3.63) is 63.5 Å². The van der Waals surface area contributed by atoms with Gasteiger partial charge in [-0.05, 0) is 12.5 Å². The number of nitro benzene ring substituents is 1. The van der Waals surface area contributed by atoms with Crippen molar-refractivity contribution in [1.82, 2.24) is 9.88 Å². The molecular formula is C19H23N4O4+. The van der Waals surface area contributed by atoms with Gasteiger partial charge < -0.3 is 19.2 Å². The van der Waals surface area contributed by atoms with Gasteiger partial charge in [0.1, 0.15) is 11.5 Å². The molecule has 3 rings (SSSR count). The number of hydrogen-bond donors (Lipinski definition) is 2. The van der Waals surface area contributed by atoms with E-state index in [0.29, 0.717) is 24.4 Å². The number of nitro groups is 1. The number of amides is 1. The molecule has 0 aliphatic heterocycles. The van der Waals surface area contributed by atoms with E-state index in [1.807, 2.05) is 37.7 Å². The molecule has 2 aromatic heterocycles. The van der Waals surface area contributed by atoms with Crippen LogP contribution in [0.5, 0.6) is 0 Å². The van der Waals surface area contributed by atoms with Gasteiger partial charge in [-0.2, -0.15) is 0 Å². The van der Waals surface area contributed by atoms with Crippen LogP contribution in [0.3, 0.4) is 0 Å². The van der Waals surface area contributed by atoms with Gasteiger partial charge in [0.05, 0.1) is 37.6 Å². The number of rotatable bonds is 7. The minimum atomic E-state index is -0.423. The Morgan fingerprint density at radius 2 is 2.07 bits per heavy atom. The molecular weight excluding hydrogens is 348 g/mol. The zero-order valence-corrected chi connectivity index (χ0v) is 15.6. The first-order chi connectivity index (χ1) is 12.8. The number of benzene rings is 1. The van der Waals surface area contributed by atoms with Crippen LogP contribution in [0.15, 0.2) is 40.8 Å². The Balaban J connectivity index is 1.93. The van der Waals surface area contributed by atoms with Crippen LogP contribution < -0.4 is 10.2 Å². The van der Waals surface area contributed by atoms with E-state index in [-0.39, 0.29) is 11.6 Å². The molecule has 0 saturated heterocycles. The second-order valence-electron chi connectivity index (χ2n) is 6.86. The van der Waals surface area contributed by atoms with Crippen LogP contribution in [-0.2, 0) is 6.54 Å². The molecule has 0 spiro atoms. The van der Waals surface area contributed by atoms with Crippen molar-refractivity contribution in [2.24, 2.45) is 0 Å². The molecule has 3 aromatic rings. The Labute approximate surface area is 156 Å². The maximum absolute atomic E-state index is 12.7. The fourth-order valence-corrected chi connectivity index (χ4v) is 2.99. The van der Waals surface area contributed by atoms with Crippen molar-refractivity contribution >= 4 is 22.7 Å². The number of nitrogens with zero attached hydrogens (tertiary/aromatic N) is 2. The molecule has 0 bridgehead atoms. The molecule has 0 radical (unpaired) electrons. The molecule has 142 valence electrons. The summed E-state index contributed by atoms with van der Waals surface area (Å²) in [5.74, 6) is 0.557. The summed E-state index contributed by atoms with van der Waals surface area (Å²) >= 11 is 0. The fourth-order valence-electron chi connectivity index (χ4n) is 2.99. The Kier molecular flexibility index (Phi) is 5.27. The minimum absolute atomic E-state index is 0.0271. The number of likely N-dealkylation sites (N-methyl/N-ethyl adjacent to an activating group) is 1. The van der Waals surface area contributed by atoms with Crippen LogP contribution in [0.4, 0.5) is 5.69 Å². The Hall–Kier alpha value is -3.13. The van der Waals surface area contributed by atoms with Gasteiger partial charge in [-0.25, -0.2) is 0 Å². The summed E-state index contributed by atoms with van der Waals surface area (Å²) in [6.45, 7) is 3.55. The zero-order valence-electron chi connectivity index (χ0n) is 15.6. The standard InChI is InChI=1S/C19H22N4O4/c1-13-9-16-18(27-13)11-17(19(24)20-7-8-21(2)3)22(16)12-14-5-4-6-15(10-14)23(25)26/h4-6,9-11H,7-8,12H2,1-3H3,(H,20,24)/p+1. The monoisotopic (exact) mass is 371 g/mol. The molecule has 8 nitrogen and oxygen atoms in total. The number of carbonyl (C=O) groups is 1. The average Bonchev–Trinajstić information content (AvgIpc) is 3.12. The highest BCUT2D eigenvalue weighted by Gasteiger charge is 2.19. The fraction of sp³-hybridized carbons (Fsp3) is 0.316. The number of carbonyl (C=O) groups excluding carboxylic acids is 1. The van der Waals surface area contributed by atoms with Crippen LogP contribution >= 0.6 is 0 Å². The van der Waals surface area contributed by atoms with Gasteiger partial charge in [0.2, 0.25) is 0 Å². The van der Waals surface area contributed by atoms with Gasteiger partial charge in [-0.3, -0.25) is 14.9 Å². The van der Waals surface area contributed by atoms with Crippen LogP contribution in [0.2, 0.25) is 0 Å². The first kappa shape index (κ1) is 18.7. The summed E-state index contributed by atoms with van der Waals surface area (Å²) in [6, 6.07) is 10.0. The summed E-state index contributed by atoms with van der Waals surface area (Å²) < 4.78 is 7.50. The largest absolute Gasteiger partial charge is 0.460 e. The molecule has 1 amide bonds. The number of nitrogens with one attached hydrogen (secondary N) is 2. The minimum Gasteiger partial charge on any atom is -0.460 e. The lowest BCUT2D eigenvalue weighted by atomic mass is 10.2. The van der Waals surface area contributed by atoms with Crippen LogP contribution in [0.1, 0.15) is 21.8 Å². The molecule has 2 heterocycles. The number of hydrogen-bond acceptors (Lipinski definition) is 4. The average molecular weight is 371 g/mol. The first-order valence-corrected chi connectivity index (χ1v) is 8.75. The van der Waals surface area contributed by atoms with Gasteiger partial charge in [0.25, 0.3) is 11.6 Å². The van der Waals surface area contributed by atoms with E-state index in [0.717, 1.165) is 23.4 Å². The number of non-ortho nitro benzene ring substituents is 1. The van der Waals surface area contributed by atoms with Gasteiger partial charge in [0.15, 0.2) is 5.58 Å². The van der Waals surface area contributed by atoms with Gasteiger partial charge in [0, 0.05) is 30.8 Å². The van der Waals surface area contributed by atoms with Crippen molar-refractivity contribution in [3.63, 3.8) is 0 Å². The third kappa shape index (κ3) is 4.17. The summed E-state index contributed by atoms with van der Waals surface area (Å²) in [6.07, 6.45) is 0. The summed E-state index contributed by atoms with van der Waals surface area (Å²) in [7, 11) is 4.04. The predicted octanol–water partition coefficient (Wildman–Crippen LogP) is 1.37. The number of furan rings is 1. The molecule has 0 unspecified atom stereocenters. The maximum atomic E-state index is 12.7. The lowest BCUT2D eigenvalue weighted by Gasteiger charge is -2.12. The van der Waals surface area contributed by atoms with Crippen LogP contribution in [0.25, 0.3) is 11.1 Å². The lowest BCUT2D eigenvalue weighted by molar-refractivity contribution is -0.856. The second kappa shape index (κ2) is 7.63. The molecule has 27 heavy (non-hydrogen) atoms. The van der Waals surface area contributed by atoms with Gasteiger partial charge in [-0.1, -0.05) is 12.1 Å². The zero-order chi connectivity index (χ0) is 19.6. The molecule has 8 heteroatoms. The normalized spacial score (nSPS) is 11.3. The van der Waals surface area contributed by atoms with Crippen molar-refractivity contribution in [1.29, 1.82) is 0 Å². The van der Waals surface area contributed by atoms with Crippen LogP contribution in [-0.4, -0.2) is 42.6 Å². The SMILES string of the molecule is Cc1cc2c(cc(C(=O)NCC[NH+](C)C)n2Cc2cccc([N+](=O)[O-])c2)o1. The summed E-state index contributed by atoms with van der Waals surface area (Å²) in [5.41, 5.74) is 2.67. The molecule has 0 atom stereocenters. The van der Waals surface area contributed by atoms with Gasteiger partial charge in [-0.15, -0.1) is 0 Å². The number of quaternary nitrogens is 1. The Morgan fingerprint density at radius 1 is 1.30 bits per heavy atom. The molecule has 0 fully saturated rings. The first-order valence-electron chi connectivity index (χ1n) is 8.75. The van der Waals surface area contributed by atoms with E-state index in [2.05, 4.69) is 5.32 Å². The maximum Gasteiger partial charge on any atom is 0.269 e. The highest BCUT2D eigenvalue weighted by Crippen LogP contribution is 2.25. The van der Waals surface area contributed by atoms with Crippen molar-refractivity contribution < 1.29 is 19.0 Å². The topological polar surface area (TPSA) is 94.8 Å². The van der Waals surface area contributed by atoms with Crippen LogP contribution in [0, 0.1) is 17.0 Å². The van der Waals surface area contributed by atoms with Crippen molar-refractivity contribution in [2.75, 3.05) is 27.2 Å². The number of aromatic nitrogens is 1. The van der Waals surface area contributed by atoms with E-state index in [1.165, 1.54) is 17.0 Å². The van der Waals surface area contributed by atoms with Crippen molar-refractivity contribution in [2.45, 2.75) is 13.5 Å². The highest BCUT2D eigenvalue weighted by atomic mass is 16.6. The Bertz CT molecular complexity index is 987. The molecule has 2 N–H and O–H groups in total. The summed E-state index contributed by atoms with van der Waals surface area (Å²) in [4.78, 5) is 24.5. The van der Waals surface area contributed by atoms with Gasteiger partial charge >= 0.3 is 0 Å². The van der Waals surface area contributed by atoms with E-state index >= 15 is 0 Å². The second-order valence-corrected chi connectivity index (χ2v) is 6.86. The molecule has 0 saturated carbocycles. The van der Waals surface area contributed by atoms with E-state index in [1.54, 1.807) is 12.1 Å². The number of aryl methyl sites for hydroxylation is 1. The van der Waals surface area contributed by atoms with E-state index in [4.69, 9.17) is 4.42 Å². The smallest absolute Gasteiger partial charge is 0.269 e. The molecule has 0 aliphatic carbocycles. The summed E-state index contributed by atoms with van der Waals surface area (Å²) in [5, 5.41) is 14.0. The third-order valence-corrected chi connectivity index (χ3v) is 4.32. The van der Waals surface area contributed by atoms with Crippen molar-refractivity contribution in [3.8, 4) is 0 Å². The Morgan fingerprint density at radius 3 is 2.78 bits per heavy atom. The quantitative estimate of drug-likeness (QED) is 0.484. The highest BCUT2D eigenvalue weighted by molar-refractivity contribution is 5.97. The lowest BCUT2D eigenvalue weighted by Crippen LogP contribution is -3.06. The predicted molar refractivity (Wildman–Crippen MR) is 101 cm³/mol. The number of fused-ring (bicyclic) bond motifs is 1. The molecule has 1 aromatic carbocycles.